The molecule has 13 heavy (non-hydrogen) atoms. The van der Waals surface area contributed by atoms with Gasteiger partial charge >= 0.3 is 0 Å². The van der Waals surface area contributed by atoms with Gasteiger partial charge in [0, 0.05) is 11.6 Å². The van der Waals surface area contributed by atoms with Crippen molar-refractivity contribution in [3.63, 3.8) is 0 Å². The van der Waals surface area contributed by atoms with Gasteiger partial charge in [-0.25, -0.2) is 0 Å². The molecule has 0 spiro atoms. The second-order valence-corrected chi connectivity index (χ2v) is 2.61. The number of hydrogen-bond donors (Lipinski definition) is 0. The molecule has 2 heteroatoms. The molecule has 2 nitrogen and oxygen atoms in total. The van der Waals surface area contributed by atoms with E-state index in [0.717, 1.165) is 17.1 Å². The third-order valence-corrected chi connectivity index (χ3v) is 1.79. The maximum absolute atomic E-state index is 5.21. The van der Waals surface area contributed by atoms with Crippen molar-refractivity contribution in [3.05, 3.63) is 29.8 Å². The van der Waals surface area contributed by atoms with Crippen LogP contribution in [0.4, 0.5) is 0 Å². The lowest BCUT2D eigenvalue weighted by Crippen LogP contribution is -1.89. The molecule has 0 atom stereocenters. The highest BCUT2D eigenvalue weighted by Gasteiger charge is 2.00. The van der Waals surface area contributed by atoms with E-state index in [1.54, 1.807) is 14.2 Å². The molecule has 0 fully saturated rings. The lowest BCUT2D eigenvalue weighted by Gasteiger charge is -2.06. The van der Waals surface area contributed by atoms with Crippen molar-refractivity contribution in [2.75, 3.05) is 14.2 Å². The van der Waals surface area contributed by atoms with Crippen LogP contribution in [0.1, 0.15) is 12.5 Å². The molecule has 70 valence electrons. The molecule has 0 aliphatic rings. The maximum atomic E-state index is 5.21. The molecular weight excluding hydrogens is 164 g/mol. The number of benzene rings is 1. The molecule has 0 bridgehead atoms. The Labute approximate surface area is 78.8 Å². The Kier molecular flexibility index (Phi) is 3.38. The molecule has 0 heterocycles. The fourth-order valence-corrected chi connectivity index (χ4v) is 1.14. The molecular formula is C11H14O2. The van der Waals surface area contributed by atoms with Crippen LogP contribution >= 0.6 is 0 Å². The Bertz CT molecular complexity index is 303. The summed E-state index contributed by atoms with van der Waals surface area (Å²) in [6.45, 7) is 1.98. The Balaban J connectivity index is 3.07. The summed E-state index contributed by atoms with van der Waals surface area (Å²) in [5, 5.41) is 0. The van der Waals surface area contributed by atoms with Crippen LogP contribution in [0.2, 0.25) is 0 Å². The first kappa shape index (κ1) is 9.65. The number of ether oxygens (including phenoxy) is 2. The molecule has 1 rings (SSSR count). The fourth-order valence-electron chi connectivity index (χ4n) is 1.14. The van der Waals surface area contributed by atoms with Crippen LogP contribution < -0.4 is 9.47 Å². The van der Waals surface area contributed by atoms with Gasteiger partial charge < -0.3 is 9.47 Å². The van der Waals surface area contributed by atoms with Crippen LogP contribution in [0.25, 0.3) is 6.08 Å². The molecule has 0 amide bonds. The quantitative estimate of drug-likeness (QED) is 0.708. The highest BCUT2D eigenvalue weighted by Crippen LogP contribution is 2.25. The van der Waals surface area contributed by atoms with Gasteiger partial charge in [0.1, 0.15) is 11.5 Å². The van der Waals surface area contributed by atoms with Crippen molar-refractivity contribution >= 4 is 6.08 Å². The number of hydrogen-bond acceptors (Lipinski definition) is 2. The van der Waals surface area contributed by atoms with E-state index in [9.17, 15) is 0 Å². The largest absolute Gasteiger partial charge is 0.497 e. The lowest BCUT2D eigenvalue weighted by atomic mass is 10.2. The van der Waals surface area contributed by atoms with Crippen LogP contribution in [-0.4, -0.2) is 14.2 Å². The summed E-state index contributed by atoms with van der Waals surface area (Å²) in [6.07, 6.45) is 3.97. The van der Waals surface area contributed by atoms with E-state index in [2.05, 4.69) is 0 Å². The molecule has 0 unspecified atom stereocenters. The van der Waals surface area contributed by atoms with E-state index in [1.165, 1.54) is 0 Å². The average Bonchev–Trinajstić information content (AvgIpc) is 2.19. The summed E-state index contributed by atoms with van der Waals surface area (Å²) in [6, 6.07) is 5.75. The summed E-state index contributed by atoms with van der Waals surface area (Å²) in [4.78, 5) is 0. The summed E-state index contributed by atoms with van der Waals surface area (Å²) in [5.74, 6) is 1.64. The zero-order valence-electron chi connectivity index (χ0n) is 8.20. The third kappa shape index (κ3) is 2.25. The Morgan fingerprint density at radius 3 is 2.46 bits per heavy atom. The molecule has 0 aromatic heterocycles. The van der Waals surface area contributed by atoms with Gasteiger partial charge in [-0.15, -0.1) is 0 Å². The highest BCUT2D eigenvalue weighted by molar-refractivity contribution is 5.58. The predicted octanol–water partition coefficient (Wildman–Crippen LogP) is 2.74. The highest BCUT2D eigenvalue weighted by atomic mass is 16.5. The Hall–Kier alpha value is -1.44. The normalized spacial score (nSPS) is 10.4. The second-order valence-electron chi connectivity index (χ2n) is 2.61. The van der Waals surface area contributed by atoms with Crippen LogP contribution in [0.15, 0.2) is 24.3 Å². The minimum absolute atomic E-state index is 0.810. The minimum atomic E-state index is 0.810. The van der Waals surface area contributed by atoms with Crippen molar-refractivity contribution in [3.8, 4) is 11.5 Å². The second kappa shape index (κ2) is 4.55. The molecule has 0 aliphatic heterocycles. The van der Waals surface area contributed by atoms with E-state index in [1.807, 2.05) is 37.3 Å². The summed E-state index contributed by atoms with van der Waals surface area (Å²) in [5.41, 5.74) is 1.06. The number of rotatable bonds is 3. The maximum Gasteiger partial charge on any atom is 0.129 e. The van der Waals surface area contributed by atoms with Crippen molar-refractivity contribution in [2.45, 2.75) is 6.92 Å². The zero-order valence-corrected chi connectivity index (χ0v) is 8.20. The van der Waals surface area contributed by atoms with E-state index < -0.39 is 0 Å². The first-order chi connectivity index (χ1) is 6.31. The topological polar surface area (TPSA) is 18.5 Å². The number of allylic oxidation sites excluding steroid dienone is 1. The molecule has 0 N–H and O–H groups in total. The van der Waals surface area contributed by atoms with E-state index in [-0.39, 0.29) is 0 Å². The lowest BCUT2D eigenvalue weighted by molar-refractivity contribution is 0.394. The predicted molar refractivity (Wildman–Crippen MR) is 54.3 cm³/mol. The minimum Gasteiger partial charge on any atom is -0.497 e. The first-order valence-electron chi connectivity index (χ1n) is 4.16. The van der Waals surface area contributed by atoms with Crippen molar-refractivity contribution in [2.24, 2.45) is 0 Å². The molecule has 0 aliphatic carbocycles. The molecule has 0 saturated carbocycles. The summed E-state index contributed by atoms with van der Waals surface area (Å²) >= 11 is 0. The van der Waals surface area contributed by atoms with Gasteiger partial charge in [-0.3, -0.25) is 0 Å². The van der Waals surface area contributed by atoms with Gasteiger partial charge in [0.15, 0.2) is 0 Å². The molecule has 1 aromatic carbocycles. The summed E-state index contributed by atoms with van der Waals surface area (Å²) < 4.78 is 10.3. The zero-order chi connectivity index (χ0) is 9.68. The smallest absolute Gasteiger partial charge is 0.129 e. The van der Waals surface area contributed by atoms with Gasteiger partial charge in [0.25, 0.3) is 0 Å². The van der Waals surface area contributed by atoms with Crippen LogP contribution in [0.3, 0.4) is 0 Å². The van der Waals surface area contributed by atoms with Gasteiger partial charge in [-0.05, 0) is 19.1 Å². The molecule has 0 radical (unpaired) electrons. The van der Waals surface area contributed by atoms with Crippen molar-refractivity contribution in [1.29, 1.82) is 0 Å². The Morgan fingerprint density at radius 1 is 1.15 bits per heavy atom. The van der Waals surface area contributed by atoms with Crippen molar-refractivity contribution in [1.82, 2.24) is 0 Å². The fraction of sp³-hybridized carbons (Fsp3) is 0.273. The summed E-state index contributed by atoms with van der Waals surface area (Å²) in [7, 11) is 3.30. The van der Waals surface area contributed by atoms with Gasteiger partial charge in [0.05, 0.1) is 14.2 Å². The number of methoxy groups -OCH3 is 2. The van der Waals surface area contributed by atoms with E-state index in [4.69, 9.17) is 9.47 Å². The average molecular weight is 178 g/mol. The third-order valence-electron chi connectivity index (χ3n) is 1.79. The molecule has 0 saturated heterocycles. The standard InChI is InChI=1S/C11H14O2/c1-4-5-9-6-7-10(12-2)8-11(9)13-3/h4-8H,1-3H3/b5-4-. The van der Waals surface area contributed by atoms with Gasteiger partial charge in [0.2, 0.25) is 0 Å². The van der Waals surface area contributed by atoms with E-state index in [0.29, 0.717) is 0 Å². The first-order valence-corrected chi connectivity index (χ1v) is 4.16. The van der Waals surface area contributed by atoms with Crippen LogP contribution in [0, 0.1) is 0 Å². The van der Waals surface area contributed by atoms with Crippen LogP contribution in [0.5, 0.6) is 11.5 Å². The Morgan fingerprint density at radius 2 is 1.92 bits per heavy atom. The van der Waals surface area contributed by atoms with Gasteiger partial charge in [-0.2, -0.15) is 0 Å². The van der Waals surface area contributed by atoms with Crippen molar-refractivity contribution < 1.29 is 9.47 Å². The SMILES string of the molecule is C/C=C\c1ccc(OC)cc1OC. The monoisotopic (exact) mass is 178 g/mol. The van der Waals surface area contributed by atoms with Crippen LogP contribution in [-0.2, 0) is 0 Å². The van der Waals surface area contributed by atoms with E-state index >= 15 is 0 Å². The van der Waals surface area contributed by atoms with Gasteiger partial charge in [-0.1, -0.05) is 12.2 Å². The molecule has 1 aromatic rings.